The molecular weight excluding hydrogens is 292 g/mol. The zero-order valence-corrected chi connectivity index (χ0v) is 13.8. The van der Waals surface area contributed by atoms with Crippen molar-refractivity contribution in [1.29, 1.82) is 0 Å². The van der Waals surface area contributed by atoms with Crippen LogP contribution in [0, 0.1) is 0 Å². The van der Waals surface area contributed by atoms with Crippen molar-refractivity contribution < 1.29 is 4.79 Å². The quantitative estimate of drug-likeness (QED) is 0.849. The van der Waals surface area contributed by atoms with Gasteiger partial charge in [0.1, 0.15) is 5.69 Å². The molecular formula is C16H22N6O. The molecule has 0 aromatic carbocycles. The second-order valence-electron chi connectivity index (χ2n) is 6.25. The normalized spacial score (nSPS) is 17.9. The Bertz CT molecular complexity index is 695. The first-order valence-corrected chi connectivity index (χ1v) is 7.79. The fourth-order valence-electron chi connectivity index (χ4n) is 2.97. The third kappa shape index (κ3) is 3.39. The van der Waals surface area contributed by atoms with Gasteiger partial charge >= 0.3 is 0 Å². The lowest BCUT2D eigenvalue weighted by atomic mass is 10.1. The van der Waals surface area contributed by atoms with Crippen LogP contribution >= 0.6 is 0 Å². The molecule has 0 N–H and O–H groups in total. The molecule has 0 radical (unpaired) electrons. The van der Waals surface area contributed by atoms with E-state index in [-0.39, 0.29) is 11.9 Å². The van der Waals surface area contributed by atoms with E-state index < -0.39 is 0 Å². The molecule has 1 fully saturated rings. The average Bonchev–Trinajstić information content (AvgIpc) is 3.15. The van der Waals surface area contributed by atoms with Crippen molar-refractivity contribution in [2.45, 2.75) is 25.4 Å². The molecule has 0 bridgehead atoms. The SMILES string of the molecule is CN(C)Cc1cncc([C@@H]2CCCN2C(=O)c2cn(C)cn2)n1. The number of likely N-dealkylation sites (tertiary alicyclic amines) is 1. The van der Waals surface area contributed by atoms with Gasteiger partial charge in [-0.05, 0) is 26.9 Å². The highest BCUT2D eigenvalue weighted by atomic mass is 16.2. The van der Waals surface area contributed by atoms with Gasteiger partial charge in [-0.1, -0.05) is 0 Å². The van der Waals surface area contributed by atoms with Gasteiger partial charge in [-0.2, -0.15) is 0 Å². The minimum atomic E-state index is -0.0343. The van der Waals surface area contributed by atoms with Crippen molar-refractivity contribution in [2.75, 3.05) is 20.6 Å². The zero-order chi connectivity index (χ0) is 16.4. The van der Waals surface area contributed by atoms with Crippen LogP contribution in [0.15, 0.2) is 24.9 Å². The molecule has 0 unspecified atom stereocenters. The first-order valence-electron chi connectivity index (χ1n) is 7.79. The molecule has 7 heteroatoms. The lowest BCUT2D eigenvalue weighted by Crippen LogP contribution is -2.31. The van der Waals surface area contributed by atoms with Crippen LogP contribution in [0.3, 0.4) is 0 Å². The number of hydrogen-bond acceptors (Lipinski definition) is 5. The maximum absolute atomic E-state index is 12.7. The highest BCUT2D eigenvalue weighted by Gasteiger charge is 2.32. The molecule has 1 amide bonds. The van der Waals surface area contributed by atoms with Crippen LogP contribution in [0.4, 0.5) is 0 Å². The van der Waals surface area contributed by atoms with Crippen LogP contribution < -0.4 is 0 Å². The summed E-state index contributed by atoms with van der Waals surface area (Å²) in [5.41, 5.74) is 2.27. The first-order chi connectivity index (χ1) is 11.0. The van der Waals surface area contributed by atoms with Gasteiger partial charge in [0.2, 0.25) is 0 Å². The number of hydrogen-bond donors (Lipinski definition) is 0. The van der Waals surface area contributed by atoms with Crippen molar-refractivity contribution >= 4 is 5.91 Å². The summed E-state index contributed by atoms with van der Waals surface area (Å²) in [7, 11) is 5.86. The Morgan fingerprint density at radius 3 is 2.91 bits per heavy atom. The van der Waals surface area contributed by atoms with Crippen molar-refractivity contribution in [3.05, 3.63) is 42.0 Å². The predicted molar refractivity (Wildman–Crippen MR) is 85.6 cm³/mol. The molecule has 1 aliphatic heterocycles. The second kappa shape index (κ2) is 6.45. The van der Waals surface area contributed by atoms with Crippen LogP contribution in [0.2, 0.25) is 0 Å². The molecule has 1 aliphatic rings. The van der Waals surface area contributed by atoms with E-state index in [1.165, 1.54) is 0 Å². The predicted octanol–water partition coefficient (Wildman–Crippen LogP) is 1.25. The maximum Gasteiger partial charge on any atom is 0.274 e. The topological polar surface area (TPSA) is 67.2 Å². The Morgan fingerprint density at radius 1 is 1.39 bits per heavy atom. The molecule has 122 valence electrons. The number of aromatic nitrogens is 4. The molecule has 1 atom stereocenters. The van der Waals surface area contributed by atoms with Gasteiger partial charge in [0.15, 0.2) is 0 Å². The Morgan fingerprint density at radius 2 is 2.22 bits per heavy atom. The minimum absolute atomic E-state index is 0.0147. The van der Waals surface area contributed by atoms with Crippen molar-refractivity contribution in [1.82, 2.24) is 29.3 Å². The van der Waals surface area contributed by atoms with E-state index in [1.54, 1.807) is 29.5 Å². The fourth-order valence-corrected chi connectivity index (χ4v) is 2.97. The first kappa shape index (κ1) is 15.6. The Kier molecular flexibility index (Phi) is 4.38. The number of rotatable bonds is 4. The third-order valence-corrected chi connectivity index (χ3v) is 3.96. The Hall–Kier alpha value is -2.28. The standard InChI is InChI=1S/C16H22N6O/c1-20(2)9-12-7-17-8-13(19-12)15-5-4-6-22(15)16(23)14-10-21(3)11-18-14/h7-8,10-11,15H,4-6,9H2,1-3H3/t15-/m0/s1. The van der Waals surface area contributed by atoms with Crippen LogP contribution in [0.25, 0.3) is 0 Å². The molecule has 23 heavy (non-hydrogen) atoms. The van der Waals surface area contributed by atoms with Gasteiger partial charge < -0.3 is 14.4 Å². The van der Waals surface area contributed by atoms with Crippen molar-refractivity contribution in [2.24, 2.45) is 7.05 Å². The highest BCUT2D eigenvalue weighted by molar-refractivity contribution is 5.92. The second-order valence-corrected chi connectivity index (χ2v) is 6.25. The molecule has 7 nitrogen and oxygen atoms in total. The number of nitrogens with zero attached hydrogens (tertiary/aromatic N) is 6. The van der Waals surface area contributed by atoms with Gasteiger partial charge in [-0.15, -0.1) is 0 Å². The summed E-state index contributed by atoms with van der Waals surface area (Å²) in [6.07, 6.45) is 8.85. The zero-order valence-electron chi connectivity index (χ0n) is 13.8. The van der Waals surface area contributed by atoms with Crippen LogP contribution in [0.5, 0.6) is 0 Å². The van der Waals surface area contributed by atoms with Crippen LogP contribution in [-0.4, -0.2) is 55.9 Å². The monoisotopic (exact) mass is 314 g/mol. The van der Waals surface area contributed by atoms with Gasteiger partial charge in [-0.3, -0.25) is 14.8 Å². The van der Waals surface area contributed by atoms with Crippen molar-refractivity contribution in [3.63, 3.8) is 0 Å². The number of carbonyl (C=O) groups excluding carboxylic acids is 1. The third-order valence-electron chi connectivity index (χ3n) is 3.96. The fraction of sp³-hybridized carbons (Fsp3) is 0.500. The van der Waals surface area contributed by atoms with Gasteiger partial charge in [-0.25, -0.2) is 4.98 Å². The molecule has 0 saturated carbocycles. The van der Waals surface area contributed by atoms with E-state index in [0.29, 0.717) is 5.69 Å². The number of imidazole rings is 1. The summed E-state index contributed by atoms with van der Waals surface area (Å²) < 4.78 is 1.79. The van der Waals surface area contributed by atoms with Gasteiger partial charge in [0, 0.05) is 32.5 Å². The molecule has 1 saturated heterocycles. The van der Waals surface area contributed by atoms with Gasteiger partial charge in [0.05, 0.1) is 30.0 Å². The molecule has 3 rings (SSSR count). The maximum atomic E-state index is 12.7. The van der Waals surface area contributed by atoms with Crippen molar-refractivity contribution in [3.8, 4) is 0 Å². The smallest absolute Gasteiger partial charge is 0.274 e. The summed E-state index contributed by atoms with van der Waals surface area (Å²) >= 11 is 0. The van der Waals surface area contributed by atoms with E-state index in [4.69, 9.17) is 4.98 Å². The molecule has 0 aliphatic carbocycles. The Labute approximate surface area is 136 Å². The van der Waals surface area contributed by atoms with E-state index >= 15 is 0 Å². The highest BCUT2D eigenvalue weighted by Crippen LogP contribution is 2.31. The van der Waals surface area contributed by atoms with E-state index in [9.17, 15) is 4.79 Å². The number of aryl methyl sites for hydroxylation is 1. The lowest BCUT2D eigenvalue weighted by molar-refractivity contribution is 0.0727. The number of amides is 1. The summed E-state index contributed by atoms with van der Waals surface area (Å²) in [6.45, 7) is 1.47. The van der Waals surface area contributed by atoms with Crippen LogP contribution in [-0.2, 0) is 13.6 Å². The molecule has 2 aromatic rings. The summed E-state index contributed by atoms with van der Waals surface area (Å²) in [4.78, 5) is 29.8. The summed E-state index contributed by atoms with van der Waals surface area (Å²) in [5.74, 6) is -0.0343. The largest absolute Gasteiger partial charge is 0.340 e. The Balaban J connectivity index is 1.82. The lowest BCUT2D eigenvalue weighted by Gasteiger charge is -2.23. The minimum Gasteiger partial charge on any atom is -0.340 e. The van der Waals surface area contributed by atoms with E-state index in [1.807, 2.05) is 26.0 Å². The molecule has 3 heterocycles. The molecule has 2 aromatic heterocycles. The van der Waals surface area contributed by atoms with Crippen LogP contribution in [0.1, 0.15) is 40.8 Å². The summed E-state index contributed by atoms with van der Waals surface area (Å²) in [6, 6.07) is -0.0147. The van der Waals surface area contributed by atoms with E-state index in [2.05, 4.69) is 14.9 Å². The van der Waals surface area contributed by atoms with E-state index in [0.717, 1.165) is 37.3 Å². The number of carbonyl (C=O) groups is 1. The average molecular weight is 314 g/mol. The van der Waals surface area contributed by atoms with Gasteiger partial charge in [0.25, 0.3) is 5.91 Å². The molecule has 0 spiro atoms. The summed E-state index contributed by atoms with van der Waals surface area (Å²) in [5, 5.41) is 0.